The number of halogens is 2. The monoisotopic (exact) mass is 321 g/mol. The molecule has 1 unspecified atom stereocenters. The average molecular weight is 322 g/mol. The number of hydrogen-bond acceptors (Lipinski definition) is 2. The fraction of sp³-hybridized carbons (Fsp3) is 0.250. The number of nitrogens with one attached hydrogen (secondary N) is 1. The Labute approximate surface area is 133 Å². The number of urea groups is 1. The normalized spacial score (nSPS) is 11.8. The van der Waals surface area contributed by atoms with Crippen LogP contribution in [-0.4, -0.2) is 23.0 Å². The fourth-order valence-corrected chi connectivity index (χ4v) is 2.25. The van der Waals surface area contributed by atoms with Crippen molar-refractivity contribution in [1.29, 1.82) is 0 Å². The molecule has 1 aromatic carbocycles. The van der Waals surface area contributed by atoms with Gasteiger partial charge in [-0.1, -0.05) is 17.7 Å². The van der Waals surface area contributed by atoms with Crippen LogP contribution in [0.25, 0.3) is 0 Å². The average Bonchev–Trinajstić information content (AvgIpc) is 2.51. The van der Waals surface area contributed by atoms with Crippen molar-refractivity contribution in [2.75, 3.05) is 7.05 Å². The van der Waals surface area contributed by atoms with Gasteiger partial charge in [0.05, 0.1) is 12.6 Å². The minimum atomic E-state index is -0.422. The lowest BCUT2D eigenvalue weighted by Crippen LogP contribution is -2.38. The summed E-state index contributed by atoms with van der Waals surface area (Å²) in [5, 5.41) is 3.16. The number of nitrogens with zero attached hydrogens (tertiary/aromatic N) is 2. The van der Waals surface area contributed by atoms with E-state index < -0.39 is 5.82 Å². The molecule has 2 amide bonds. The summed E-state index contributed by atoms with van der Waals surface area (Å²) in [7, 11) is 1.59. The highest BCUT2D eigenvalue weighted by Crippen LogP contribution is 2.20. The quantitative estimate of drug-likeness (QED) is 0.931. The maximum absolute atomic E-state index is 13.8. The molecule has 2 rings (SSSR count). The number of carbonyl (C=O) groups excluding carboxylic acids is 1. The Hall–Kier alpha value is -2.14. The SMILES string of the molecule is CC(NC(=O)N(C)Cc1c(F)cccc1Cl)c1ccncc1. The molecule has 1 atom stereocenters. The van der Waals surface area contributed by atoms with E-state index in [1.165, 1.54) is 17.0 Å². The van der Waals surface area contributed by atoms with Crippen LogP contribution in [0.3, 0.4) is 0 Å². The minimum absolute atomic E-state index is 0.0976. The van der Waals surface area contributed by atoms with Crippen LogP contribution in [0.2, 0.25) is 5.02 Å². The van der Waals surface area contributed by atoms with Gasteiger partial charge in [0, 0.05) is 30.0 Å². The molecular formula is C16H17ClFN3O. The van der Waals surface area contributed by atoms with E-state index in [1.807, 2.05) is 19.1 Å². The summed E-state index contributed by atoms with van der Waals surface area (Å²) >= 11 is 5.97. The standard InChI is InChI=1S/C16H17ClFN3O/c1-11(12-6-8-19-9-7-12)20-16(22)21(2)10-13-14(17)4-3-5-15(13)18/h3-9,11H,10H2,1-2H3,(H,20,22). The maximum Gasteiger partial charge on any atom is 0.317 e. The zero-order chi connectivity index (χ0) is 16.1. The molecule has 0 fully saturated rings. The summed E-state index contributed by atoms with van der Waals surface area (Å²) in [6.45, 7) is 1.97. The maximum atomic E-state index is 13.8. The number of amides is 2. The topological polar surface area (TPSA) is 45.2 Å². The molecule has 0 saturated carbocycles. The van der Waals surface area contributed by atoms with Crippen LogP contribution in [0.15, 0.2) is 42.7 Å². The summed E-state index contributed by atoms with van der Waals surface area (Å²) in [5.41, 5.74) is 1.25. The van der Waals surface area contributed by atoms with Gasteiger partial charge in [0.25, 0.3) is 0 Å². The molecule has 0 aliphatic heterocycles. The summed E-state index contributed by atoms with van der Waals surface area (Å²) in [4.78, 5) is 17.5. The van der Waals surface area contributed by atoms with Gasteiger partial charge in [0.1, 0.15) is 5.82 Å². The minimum Gasteiger partial charge on any atom is -0.331 e. The van der Waals surface area contributed by atoms with Crippen LogP contribution in [-0.2, 0) is 6.54 Å². The van der Waals surface area contributed by atoms with Crippen molar-refractivity contribution in [3.63, 3.8) is 0 Å². The van der Waals surface area contributed by atoms with E-state index in [2.05, 4.69) is 10.3 Å². The van der Waals surface area contributed by atoms with Gasteiger partial charge in [-0.3, -0.25) is 4.98 Å². The molecular weight excluding hydrogens is 305 g/mol. The highest BCUT2D eigenvalue weighted by atomic mass is 35.5. The number of pyridine rings is 1. The van der Waals surface area contributed by atoms with Crippen molar-refractivity contribution in [1.82, 2.24) is 15.2 Å². The Kier molecular flexibility index (Phi) is 5.33. The molecule has 1 heterocycles. The second-order valence-corrected chi connectivity index (χ2v) is 5.42. The highest BCUT2D eigenvalue weighted by Gasteiger charge is 2.16. The summed E-state index contributed by atoms with van der Waals surface area (Å²) in [5.74, 6) is -0.422. The lowest BCUT2D eigenvalue weighted by Gasteiger charge is -2.22. The van der Waals surface area contributed by atoms with Gasteiger partial charge in [-0.15, -0.1) is 0 Å². The van der Waals surface area contributed by atoms with Crippen molar-refractivity contribution in [3.8, 4) is 0 Å². The molecule has 0 aliphatic rings. The molecule has 0 radical (unpaired) electrons. The van der Waals surface area contributed by atoms with E-state index in [0.29, 0.717) is 10.6 Å². The Morgan fingerprint density at radius 2 is 2.05 bits per heavy atom. The van der Waals surface area contributed by atoms with Crippen molar-refractivity contribution in [2.45, 2.75) is 19.5 Å². The van der Waals surface area contributed by atoms with E-state index in [1.54, 1.807) is 25.5 Å². The molecule has 116 valence electrons. The molecule has 4 nitrogen and oxygen atoms in total. The number of carbonyl (C=O) groups is 1. The van der Waals surface area contributed by atoms with Gasteiger partial charge in [-0.2, -0.15) is 0 Å². The molecule has 1 N–H and O–H groups in total. The third-order valence-corrected chi connectivity index (χ3v) is 3.70. The molecule has 0 saturated heterocycles. The van der Waals surface area contributed by atoms with Crippen LogP contribution in [0.1, 0.15) is 24.1 Å². The van der Waals surface area contributed by atoms with Crippen LogP contribution in [0.4, 0.5) is 9.18 Å². The van der Waals surface area contributed by atoms with Crippen LogP contribution in [0.5, 0.6) is 0 Å². The first-order valence-electron chi connectivity index (χ1n) is 6.83. The number of hydrogen-bond donors (Lipinski definition) is 1. The third kappa shape index (κ3) is 3.95. The van der Waals surface area contributed by atoms with Gasteiger partial charge in [0.2, 0.25) is 0 Å². The van der Waals surface area contributed by atoms with Gasteiger partial charge >= 0.3 is 6.03 Å². The lowest BCUT2D eigenvalue weighted by atomic mass is 10.1. The zero-order valence-electron chi connectivity index (χ0n) is 12.4. The van der Waals surface area contributed by atoms with Crippen LogP contribution >= 0.6 is 11.6 Å². The van der Waals surface area contributed by atoms with E-state index in [-0.39, 0.29) is 18.6 Å². The Morgan fingerprint density at radius 1 is 1.36 bits per heavy atom. The van der Waals surface area contributed by atoms with E-state index >= 15 is 0 Å². The van der Waals surface area contributed by atoms with Gasteiger partial charge in [-0.25, -0.2) is 9.18 Å². The smallest absolute Gasteiger partial charge is 0.317 e. The van der Waals surface area contributed by atoms with Gasteiger partial charge in [0.15, 0.2) is 0 Å². The first-order valence-corrected chi connectivity index (χ1v) is 7.21. The van der Waals surface area contributed by atoms with Crippen molar-refractivity contribution in [2.24, 2.45) is 0 Å². The van der Waals surface area contributed by atoms with E-state index in [9.17, 15) is 9.18 Å². The number of rotatable bonds is 4. The second-order valence-electron chi connectivity index (χ2n) is 5.01. The zero-order valence-corrected chi connectivity index (χ0v) is 13.1. The van der Waals surface area contributed by atoms with E-state index in [4.69, 9.17) is 11.6 Å². The largest absolute Gasteiger partial charge is 0.331 e. The molecule has 0 spiro atoms. The molecule has 0 bridgehead atoms. The first kappa shape index (κ1) is 16.2. The predicted molar refractivity (Wildman–Crippen MR) is 84.1 cm³/mol. The van der Waals surface area contributed by atoms with Crippen LogP contribution < -0.4 is 5.32 Å². The third-order valence-electron chi connectivity index (χ3n) is 3.35. The second kappa shape index (κ2) is 7.22. The summed E-state index contributed by atoms with van der Waals surface area (Å²) in [6.07, 6.45) is 3.33. The molecule has 2 aromatic rings. The highest BCUT2D eigenvalue weighted by molar-refractivity contribution is 6.31. The Bertz CT molecular complexity index is 631. The lowest BCUT2D eigenvalue weighted by molar-refractivity contribution is 0.203. The van der Waals surface area contributed by atoms with Crippen molar-refractivity contribution < 1.29 is 9.18 Å². The van der Waals surface area contributed by atoms with Crippen molar-refractivity contribution >= 4 is 17.6 Å². The van der Waals surface area contributed by atoms with Gasteiger partial charge in [-0.05, 0) is 36.8 Å². The first-order chi connectivity index (χ1) is 10.5. The predicted octanol–water partition coefficient (Wildman–Crippen LogP) is 3.78. The summed E-state index contributed by atoms with van der Waals surface area (Å²) in [6, 6.07) is 7.65. The molecule has 6 heteroatoms. The van der Waals surface area contributed by atoms with Crippen LogP contribution in [0, 0.1) is 5.82 Å². The molecule has 1 aromatic heterocycles. The number of aromatic nitrogens is 1. The summed E-state index contributed by atoms with van der Waals surface area (Å²) < 4.78 is 13.8. The van der Waals surface area contributed by atoms with E-state index in [0.717, 1.165) is 5.56 Å². The number of benzene rings is 1. The molecule has 0 aliphatic carbocycles. The van der Waals surface area contributed by atoms with Crippen molar-refractivity contribution in [3.05, 3.63) is 64.7 Å². The van der Waals surface area contributed by atoms with Gasteiger partial charge < -0.3 is 10.2 Å². The fourth-order valence-electron chi connectivity index (χ4n) is 2.02. The Balaban J connectivity index is 2.01. The Morgan fingerprint density at radius 3 is 2.68 bits per heavy atom. The molecule has 22 heavy (non-hydrogen) atoms.